The highest BCUT2D eigenvalue weighted by Gasteiger charge is 2.60. The van der Waals surface area contributed by atoms with Gasteiger partial charge >= 0.3 is 5.69 Å². The molecule has 4 atom stereocenters. The number of Topliss-reactive ketones (excluding diaryl/α,β-unsaturated/α-hetero) is 1. The van der Waals surface area contributed by atoms with E-state index in [2.05, 4.69) is 4.98 Å². The number of carbonyl (C=O) groups excluding carboxylic acids is 1. The Bertz CT molecular complexity index is 1880. The van der Waals surface area contributed by atoms with Crippen molar-refractivity contribution in [2.45, 2.75) is 35.9 Å². The molecule has 4 aromatic carbocycles. The molecule has 1 aliphatic rings. The van der Waals surface area contributed by atoms with Crippen LogP contribution in [0, 0.1) is 0 Å². The molecular formula is C37H35N3O7. The van der Waals surface area contributed by atoms with Crippen molar-refractivity contribution in [3.05, 3.63) is 154 Å². The predicted octanol–water partition coefficient (Wildman–Crippen LogP) is 3.92. The van der Waals surface area contributed by atoms with Crippen molar-refractivity contribution in [1.29, 1.82) is 0 Å². The van der Waals surface area contributed by atoms with Gasteiger partial charge in [-0.3, -0.25) is 9.36 Å². The van der Waals surface area contributed by atoms with E-state index in [9.17, 15) is 19.8 Å². The van der Waals surface area contributed by atoms with Gasteiger partial charge in [0.15, 0.2) is 0 Å². The first-order chi connectivity index (χ1) is 22.8. The number of nitrogens with zero attached hydrogens (tertiary/aromatic N) is 2. The van der Waals surface area contributed by atoms with Gasteiger partial charge in [0, 0.05) is 29.3 Å². The first-order valence-corrected chi connectivity index (χ1v) is 15.1. The number of aliphatic hydroxyl groups excluding tert-OH is 2. The number of hydrogen-bond donors (Lipinski definition) is 3. The maximum absolute atomic E-state index is 14.4. The van der Waals surface area contributed by atoms with Crippen LogP contribution in [0.5, 0.6) is 11.5 Å². The van der Waals surface area contributed by atoms with Crippen molar-refractivity contribution in [3.63, 3.8) is 0 Å². The van der Waals surface area contributed by atoms with Crippen molar-refractivity contribution in [2.75, 3.05) is 20.0 Å². The van der Waals surface area contributed by atoms with E-state index in [-0.39, 0.29) is 17.8 Å². The monoisotopic (exact) mass is 633 g/mol. The molecule has 2 heterocycles. The van der Waals surface area contributed by atoms with E-state index in [0.29, 0.717) is 28.2 Å². The van der Waals surface area contributed by atoms with Gasteiger partial charge in [-0.05, 0) is 23.8 Å². The number of aromatic nitrogens is 2. The van der Waals surface area contributed by atoms with Crippen LogP contribution in [0.3, 0.4) is 0 Å². The maximum atomic E-state index is 14.4. The molecule has 4 N–H and O–H groups in total. The molecule has 47 heavy (non-hydrogen) atoms. The lowest BCUT2D eigenvalue weighted by Crippen LogP contribution is -2.53. The molecule has 5 aromatic rings. The Labute approximate surface area is 271 Å². The molecule has 240 valence electrons. The highest BCUT2D eigenvalue weighted by atomic mass is 16.6. The van der Waals surface area contributed by atoms with Gasteiger partial charge in [0.25, 0.3) is 0 Å². The topological polar surface area (TPSA) is 146 Å². The lowest BCUT2D eigenvalue weighted by Gasteiger charge is -2.44. The molecule has 10 nitrogen and oxygen atoms in total. The van der Waals surface area contributed by atoms with Crippen LogP contribution in [-0.4, -0.2) is 58.1 Å². The van der Waals surface area contributed by atoms with E-state index in [4.69, 9.17) is 19.9 Å². The van der Waals surface area contributed by atoms with E-state index < -0.39 is 40.9 Å². The summed E-state index contributed by atoms with van der Waals surface area (Å²) in [5, 5.41) is 24.8. The molecule has 1 unspecified atom stereocenters. The van der Waals surface area contributed by atoms with Crippen molar-refractivity contribution in [2.24, 2.45) is 0 Å². The van der Waals surface area contributed by atoms with E-state index in [1.165, 1.54) is 26.5 Å². The van der Waals surface area contributed by atoms with Gasteiger partial charge in [-0.2, -0.15) is 4.98 Å². The normalized spacial score (nSPS) is 20.0. The Kier molecular flexibility index (Phi) is 8.65. The fourth-order valence-electron chi connectivity index (χ4n) is 6.78. The molecule has 6 rings (SSSR count). The minimum Gasteiger partial charge on any atom is -0.496 e. The zero-order chi connectivity index (χ0) is 33.2. The third-order valence-electron chi connectivity index (χ3n) is 8.85. The Hall–Kier alpha value is -5.29. The van der Waals surface area contributed by atoms with E-state index in [1.54, 1.807) is 42.5 Å². The van der Waals surface area contributed by atoms with Gasteiger partial charge < -0.3 is 30.2 Å². The maximum Gasteiger partial charge on any atom is 0.352 e. The molecule has 0 bridgehead atoms. The van der Waals surface area contributed by atoms with Crippen LogP contribution in [-0.2, 0) is 15.9 Å². The van der Waals surface area contributed by atoms with Crippen LogP contribution >= 0.6 is 0 Å². The second-order valence-electron chi connectivity index (χ2n) is 11.4. The number of carbonyl (C=O) groups is 1. The summed E-state index contributed by atoms with van der Waals surface area (Å²) in [5.41, 5.74) is 3.36. The third kappa shape index (κ3) is 5.26. The van der Waals surface area contributed by atoms with Gasteiger partial charge in [0.05, 0.1) is 25.7 Å². The molecule has 0 saturated carbocycles. The first-order valence-electron chi connectivity index (χ1n) is 15.1. The van der Waals surface area contributed by atoms with Crippen LogP contribution < -0.4 is 20.9 Å². The number of benzene rings is 4. The number of methoxy groups -OCH3 is 2. The lowest BCUT2D eigenvalue weighted by atomic mass is 9.63. The summed E-state index contributed by atoms with van der Waals surface area (Å²) in [6, 6.07) is 33.5. The quantitative estimate of drug-likeness (QED) is 0.154. The molecule has 10 heteroatoms. The van der Waals surface area contributed by atoms with Crippen molar-refractivity contribution in [1.82, 2.24) is 9.55 Å². The number of rotatable bonds is 10. The Morgan fingerprint density at radius 2 is 1.43 bits per heavy atom. The largest absolute Gasteiger partial charge is 0.496 e. The number of anilines is 1. The summed E-state index contributed by atoms with van der Waals surface area (Å²) in [6.45, 7) is 0. The van der Waals surface area contributed by atoms with Crippen LogP contribution in [0.4, 0.5) is 5.82 Å². The van der Waals surface area contributed by atoms with Crippen LogP contribution in [0.15, 0.2) is 126 Å². The number of aliphatic hydroxyl groups is 2. The first kappa shape index (κ1) is 31.7. The highest BCUT2D eigenvalue weighted by Crippen LogP contribution is 2.52. The summed E-state index contributed by atoms with van der Waals surface area (Å²) in [7, 11) is 3.07. The van der Waals surface area contributed by atoms with Crippen LogP contribution in [0.1, 0.15) is 33.5 Å². The summed E-state index contributed by atoms with van der Waals surface area (Å²) in [5.74, 6) is 0.276. The third-order valence-corrected chi connectivity index (χ3v) is 8.85. The minimum atomic E-state index is -2.08. The molecule has 0 aliphatic carbocycles. The summed E-state index contributed by atoms with van der Waals surface area (Å²) >= 11 is 0. The van der Waals surface area contributed by atoms with E-state index in [1.807, 2.05) is 66.7 Å². The van der Waals surface area contributed by atoms with Gasteiger partial charge in [0.1, 0.15) is 29.5 Å². The smallest absolute Gasteiger partial charge is 0.352 e. The number of nitrogens with two attached hydrogens (primary N) is 1. The van der Waals surface area contributed by atoms with Crippen molar-refractivity contribution < 1.29 is 29.2 Å². The second-order valence-corrected chi connectivity index (χ2v) is 11.4. The number of para-hydroxylation sites is 2. The molecule has 1 aliphatic heterocycles. The average molecular weight is 634 g/mol. The fraction of sp³-hybridized carbons (Fsp3) is 0.216. The number of hydrogen-bond acceptors (Lipinski definition) is 9. The molecule has 0 amide bonds. The molecule has 1 saturated heterocycles. The molecule has 1 aromatic heterocycles. The predicted molar refractivity (Wildman–Crippen MR) is 175 cm³/mol. The van der Waals surface area contributed by atoms with Crippen LogP contribution in [0.25, 0.3) is 0 Å². The Morgan fingerprint density at radius 1 is 0.894 bits per heavy atom. The van der Waals surface area contributed by atoms with Crippen molar-refractivity contribution in [3.8, 4) is 11.5 Å². The van der Waals surface area contributed by atoms with Gasteiger partial charge in [-0.1, -0.05) is 97.1 Å². The lowest BCUT2D eigenvalue weighted by molar-refractivity contribution is -0.129. The fourth-order valence-corrected chi connectivity index (χ4v) is 6.78. The summed E-state index contributed by atoms with van der Waals surface area (Å²) in [4.78, 5) is 31.6. The summed E-state index contributed by atoms with van der Waals surface area (Å²) < 4.78 is 19.4. The van der Waals surface area contributed by atoms with Gasteiger partial charge in [0.2, 0.25) is 11.5 Å². The zero-order valence-corrected chi connectivity index (χ0v) is 25.9. The van der Waals surface area contributed by atoms with Gasteiger partial charge in [-0.15, -0.1) is 0 Å². The molecule has 0 radical (unpaired) electrons. The molecule has 1 fully saturated rings. The standard InChI is InChI=1S/C37H35N3O7/c1-45-29-19-11-9-17-26(29)37(25-15-7-4-8-16-25,27-18-10-12-20-30(27)46-2)34(43)32-28(41)23-36(47-32,33(42)24-13-5-3-6-14-24)40-22-21-31(38)39-35(40)44/h3-22,28,32,34,41,43H,23H2,1-2H3,(H2,38,39,44)/t28-,32-,34?,36-/m0/s1. The Balaban J connectivity index is 1.63. The second kappa shape index (κ2) is 12.8. The van der Waals surface area contributed by atoms with E-state index >= 15 is 0 Å². The minimum absolute atomic E-state index is 0.0425. The van der Waals surface area contributed by atoms with Crippen LogP contribution in [0.2, 0.25) is 0 Å². The van der Waals surface area contributed by atoms with E-state index in [0.717, 1.165) is 4.57 Å². The van der Waals surface area contributed by atoms with Gasteiger partial charge in [-0.25, -0.2) is 4.79 Å². The number of ketones is 1. The SMILES string of the molecule is COc1ccccc1C(c1ccccc1)(c1ccccc1OC)C(O)[C@H]1O[C@@](C(=O)c2ccccc2)(n2ccc(N)nc2=O)C[C@@H]1O. The highest BCUT2D eigenvalue weighted by molar-refractivity contribution is 6.01. The number of ether oxygens (including phenoxy) is 3. The number of nitrogen functional groups attached to an aromatic ring is 1. The Morgan fingerprint density at radius 3 is 1.98 bits per heavy atom. The van der Waals surface area contributed by atoms with Crippen molar-refractivity contribution >= 4 is 11.6 Å². The summed E-state index contributed by atoms with van der Waals surface area (Å²) in [6.07, 6.45) is -3.50. The zero-order valence-electron chi connectivity index (χ0n) is 25.9. The molecule has 0 spiro atoms. The molecular weight excluding hydrogens is 598 g/mol. The average Bonchev–Trinajstić information content (AvgIpc) is 3.47.